The van der Waals surface area contributed by atoms with Crippen LogP contribution in [0.3, 0.4) is 0 Å². The fourth-order valence-electron chi connectivity index (χ4n) is 3.00. The minimum Gasteiger partial charge on any atom is -0.309 e. The molecule has 2 rings (SSSR count). The van der Waals surface area contributed by atoms with Crippen LogP contribution in [0.4, 0.5) is 0 Å². The van der Waals surface area contributed by atoms with Gasteiger partial charge >= 0.3 is 0 Å². The summed E-state index contributed by atoms with van der Waals surface area (Å²) in [6.45, 7) is 3.51. The van der Waals surface area contributed by atoms with Crippen LogP contribution in [0.15, 0.2) is 17.5 Å². The first-order valence-electron chi connectivity index (χ1n) is 7.67. The fraction of sp³-hybridized carbons (Fsp3) is 0.750. The minimum atomic E-state index is 0.596. The van der Waals surface area contributed by atoms with Crippen molar-refractivity contribution in [3.05, 3.63) is 22.4 Å². The zero-order chi connectivity index (χ0) is 12.6. The lowest BCUT2D eigenvalue weighted by atomic mass is 9.99. The van der Waals surface area contributed by atoms with Gasteiger partial charge in [-0.2, -0.15) is 0 Å². The van der Waals surface area contributed by atoms with E-state index in [1.807, 2.05) is 11.3 Å². The van der Waals surface area contributed by atoms with E-state index in [2.05, 4.69) is 29.8 Å². The van der Waals surface area contributed by atoms with Crippen molar-refractivity contribution in [1.29, 1.82) is 0 Å². The summed E-state index contributed by atoms with van der Waals surface area (Å²) < 4.78 is 0. The number of nitrogens with one attached hydrogen (secondary N) is 1. The Balaban J connectivity index is 1.81. The van der Waals surface area contributed by atoms with E-state index in [0.29, 0.717) is 6.04 Å². The number of thiophene rings is 1. The highest BCUT2D eigenvalue weighted by atomic mass is 32.1. The van der Waals surface area contributed by atoms with Crippen LogP contribution in [0.1, 0.15) is 69.2 Å². The third-order valence-electron chi connectivity index (χ3n) is 4.09. The van der Waals surface area contributed by atoms with Crippen LogP contribution >= 0.6 is 11.3 Å². The monoisotopic (exact) mass is 265 g/mol. The number of hydrogen-bond donors (Lipinski definition) is 1. The molecule has 0 amide bonds. The van der Waals surface area contributed by atoms with Gasteiger partial charge in [0.1, 0.15) is 0 Å². The lowest BCUT2D eigenvalue weighted by molar-refractivity contribution is 0.386. The molecule has 0 bridgehead atoms. The lowest BCUT2D eigenvalue weighted by Gasteiger charge is -2.21. The maximum Gasteiger partial charge on any atom is 0.0414 e. The van der Waals surface area contributed by atoms with Crippen LogP contribution in [-0.4, -0.2) is 6.54 Å². The number of hydrogen-bond acceptors (Lipinski definition) is 2. The fourth-order valence-corrected chi connectivity index (χ4v) is 3.84. The maximum absolute atomic E-state index is 3.83. The molecule has 1 aromatic heterocycles. The van der Waals surface area contributed by atoms with E-state index in [0.717, 1.165) is 5.92 Å². The molecule has 1 nitrogen and oxygen atoms in total. The molecule has 1 aliphatic carbocycles. The number of rotatable bonds is 6. The molecule has 0 spiro atoms. The smallest absolute Gasteiger partial charge is 0.0414 e. The Labute approximate surface area is 116 Å². The SMILES string of the molecule is CCCC(NCC1CCCCCC1)c1cccs1. The molecule has 102 valence electrons. The summed E-state index contributed by atoms with van der Waals surface area (Å²) in [6, 6.07) is 5.06. The van der Waals surface area contributed by atoms with Crippen molar-refractivity contribution in [3.8, 4) is 0 Å². The van der Waals surface area contributed by atoms with Crippen molar-refractivity contribution in [2.45, 2.75) is 64.3 Å². The third kappa shape index (κ3) is 4.40. The minimum absolute atomic E-state index is 0.596. The molecule has 1 atom stereocenters. The predicted octanol–water partition coefficient (Wildman–Crippen LogP) is 5.15. The highest BCUT2D eigenvalue weighted by Gasteiger charge is 2.16. The zero-order valence-electron chi connectivity index (χ0n) is 11.7. The van der Waals surface area contributed by atoms with Gasteiger partial charge in [0.15, 0.2) is 0 Å². The zero-order valence-corrected chi connectivity index (χ0v) is 12.5. The van der Waals surface area contributed by atoms with E-state index in [9.17, 15) is 0 Å². The van der Waals surface area contributed by atoms with Gasteiger partial charge in [0, 0.05) is 10.9 Å². The Morgan fingerprint density at radius 1 is 1.28 bits per heavy atom. The van der Waals surface area contributed by atoms with Crippen molar-refractivity contribution in [1.82, 2.24) is 5.32 Å². The summed E-state index contributed by atoms with van der Waals surface area (Å²) in [5.41, 5.74) is 0. The highest BCUT2D eigenvalue weighted by molar-refractivity contribution is 7.10. The van der Waals surface area contributed by atoms with Crippen LogP contribution < -0.4 is 5.32 Å². The normalized spacial score (nSPS) is 19.6. The Bertz CT molecular complexity index is 299. The Hall–Kier alpha value is -0.340. The van der Waals surface area contributed by atoms with Gasteiger partial charge in [-0.1, -0.05) is 45.1 Å². The van der Waals surface area contributed by atoms with Crippen molar-refractivity contribution < 1.29 is 0 Å². The molecule has 1 unspecified atom stereocenters. The van der Waals surface area contributed by atoms with E-state index in [-0.39, 0.29) is 0 Å². The third-order valence-corrected chi connectivity index (χ3v) is 5.08. The van der Waals surface area contributed by atoms with Crippen molar-refractivity contribution in [3.63, 3.8) is 0 Å². The van der Waals surface area contributed by atoms with Crippen LogP contribution in [0.5, 0.6) is 0 Å². The van der Waals surface area contributed by atoms with Gasteiger partial charge < -0.3 is 5.32 Å². The molecule has 0 aliphatic heterocycles. The molecular formula is C16H27NS. The van der Waals surface area contributed by atoms with E-state index in [1.165, 1.54) is 62.8 Å². The van der Waals surface area contributed by atoms with Gasteiger partial charge in [-0.15, -0.1) is 11.3 Å². The Morgan fingerprint density at radius 3 is 2.67 bits per heavy atom. The Morgan fingerprint density at radius 2 is 2.06 bits per heavy atom. The van der Waals surface area contributed by atoms with Gasteiger partial charge in [-0.05, 0) is 43.2 Å². The predicted molar refractivity (Wildman–Crippen MR) is 81.2 cm³/mol. The molecular weight excluding hydrogens is 238 g/mol. The van der Waals surface area contributed by atoms with Gasteiger partial charge in [0.2, 0.25) is 0 Å². The van der Waals surface area contributed by atoms with Crippen LogP contribution in [-0.2, 0) is 0 Å². The molecule has 2 heteroatoms. The maximum atomic E-state index is 3.83. The first-order valence-corrected chi connectivity index (χ1v) is 8.55. The molecule has 1 aromatic rings. The summed E-state index contributed by atoms with van der Waals surface area (Å²) in [5.74, 6) is 0.923. The van der Waals surface area contributed by atoms with Crippen LogP contribution in [0.2, 0.25) is 0 Å². The van der Waals surface area contributed by atoms with E-state index >= 15 is 0 Å². The van der Waals surface area contributed by atoms with Crippen molar-refractivity contribution in [2.24, 2.45) is 5.92 Å². The van der Waals surface area contributed by atoms with Crippen LogP contribution in [0, 0.1) is 5.92 Å². The molecule has 0 saturated heterocycles. The highest BCUT2D eigenvalue weighted by Crippen LogP contribution is 2.26. The molecule has 0 radical (unpaired) electrons. The summed E-state index contributed by atoms with van der Waals surface area (Å²) in [5, 5.41) is 6.03. The topological polar surface area (TPSA) is 12.0 Å². The second kappa shape index (κ2) is 7.96. The van der Waals surface area contributed by atoms with Crippen LogP contribution in [0.25, 0.3) is 0 Å². The quantitative estimate of drug-likeness (QED) is 0.701. The molecule has 1 N–H and O–H groups in total. The second-order valence-corrected chi connectivity index (χ2v) is 6.60. The van der Waals surface area contributed by atoms with E-state index < -0.39 is 0 Å². The molecule has 0 aromatic carbocycles. The molecule has 1 fully saturated rings. The standard InChI is InChI=1S/C16H27NS/c1-2-8-15(16-11-7-12-18-16)17-13-14-9-5-3-4-6-10-14/h7,11-12,14-15,17H,2-6,8-10,13H2,1H3. The van der Waals surface area contributed by atoms with Gasteiger partial charge in [0.25, 0.3) is 0 Å². The first-order chi connectivity index (χ1) is 8.90. The van der Waals surface area contributed by atoms with Gasteiger partial charge in [0.05, 0.1) is 0 Å². The Kier molecular flexibility index (Phi) is 6.22. The second-order valence-electron chi connectivity index (χ2n) is 5.62. The molecule has 1 aliphatic rings. The van der Waals surface area contributed by atoms with Crippen molar-refractivity contribution >= 4 is 11.3 Å². The van der Waals surface area contributed by atoms with Crippen molar-refractivity contribution in [2.75, 3.05) is 6.54 Å². The largest absolute Gasteiger partial charge is 0.309 e. The summed E-state index contributed by atoms with van der Waals surface area (Å²) in [4.78, 5) is 1.52. The van der Waals surface area contributed by atoms with Gasteiger partial charge in [-0.3, -0.25) is 0 Å². The average Bonchev–Trinajstić information content (AvgIpc) is 2.79. The van der Waals surface area contributed by atoms with Gasteiger partial charge in [-0.25, -0.2) is 0 Å². The summed E-state index contributed by atoms with van der Waals surface area (Å²) in [6.07, 6.45) is 11.2. The molecule has 1 saturated carbocycles. The summed E-state index contributed by atoms with van der Waals surface area (Å²) in [7, 11) is 0. The molecule has 18 heavy (non-hydrogen) atoms. The molecule has 1 heterocycles. The first kappa shape index (κ1) is 14.1. The van der Waals surface area contributed by atoms with E-state index in [1.54, 1.807) is 0 Å². The lowest BCUT2D eigenvalue weighted by Crippen LogP contribution is -2.26. The summed E-state index contributed by atoms with van der Waals surface area (Å²) >= 11 is 1.90. The van der Waals surface area contributed by atoms with E-state index in [4.69, 9.17) is 0 Å². The average molecular weight is 265 g/mol.